The van der Waals surface area contributed by atoms with Gasteiger partial charge in [0.2, 0.25) is 0 Å². The second-order valence-electron chi connectivity index (χ2n) is 8.62. The minimum absolute atomic E-state index is 0.220. The summed E-state index contributed by atoms with van der Waals surface area (Å²) in [7, 11) is -1.94. The zero-order valence-electron chi connectivity index (χ0n) is 19.9. The van der Waals surface area contributed by atoms with Crippen LogP contribution in [0.25, 0.3) is 33.2 Å². The van der Waals surface area contributed by atoms with Gasteiger partial charge < -0.3 is 9.26 Å². The molecule has 36 heavy (non-hydrogen) atoms. The molecular formula is C28H23ClN2O4S. The molecule has 0 bridgehead atoms. The lowest BCUT2D eigenvalue weighted by Gasteiger charge is -2.16. The Hall–Kier alpha value is -3.68. The number of ether oxygens (including phenoxy) is 1. The summed E-state index contributed by atoms with van der Waals surface area (Å²) in [6.45, 7) is 4.00. The maximum absolute atomic E-state index is 12.9. The zero-order chi connectivity index (χ0) is 25.4. The Balaban J connectivity index is 1.59. The molecule has 0 aliphatic carbocycles. The van der Waals surface area contributed by atoms with E-state index in [-0.39, 0.29) is 10.6 Å². The molecule has 0 amide bonds. The van der Waals surface area contributed by atoms with Crippen LogP contribution < -0.4 is 4.74 Å². The number of benzene rings is 3. The molecule has 3 aromatic carbocycles. The van der Waals surface area contributed by atoms with Crippen molar-refractivity contribution < 1.29 is 17.7 Å². The fraction of sp³-hybridized carbons (Fsp3) is 0.143. The number of methoxy groups -OCH3 is 1. The van der Waals surface area contributed by atoms with Gasteiger partial charge in [-0.2, -0.15) is 0 Å². The molecule has 0 N–H and O–H groups in total. The Labute approximate surface area is 214 Å². The Kier molecular flexibility index (Phi) is 6.28. The standard InChI is InChI=1S/C28H23ClN2O4S/c1-17-13-25(19-4-7-26(29)18(2)12-19)27(34-3)15-24(17)28-23-6-5-22(14-20(23)8-10-30-28)36(32,33)16-21-9-11-35-31-21/h4-15H,16H2,1-3H3. The lowest BCUT2D eigenvalue weighted by molar-refractivity contribution is 0.413. The van der Waals surface area contributed by atoms with E-state index in [9.17, 15) is 8.42 Å². The average Bonchev–Trinajstić information content (AvgIpc) is 3.37. The highest BCUT2D eigenvalue weighted by Crippen LogP contribution is 2.39. The minimum atomic E-state index is -3.59. The van der Waals surface area contributed by atoms with Crippen LogP contribution in [0, 0.1) is 13.8 Å². The monoisotopic (exact) mass is 518 g/mol. The second kappa shape index (κ2) is 9.41. The molecule has 0 radical (unpaired) electrons. The summed E-state index contributed by atoms with van der Waals surface area (Å²) in [5, 5.41) is 6.06. The highest BCUT2D eigenvalue weighted by atomic mass is 35.5. The SMILES string of the molecule is COc1cc(-c2nccc3cc(S(=O)(=O)Cc4ccon4)ccc23)c(C)cc1-c1ccc(Cl)c(C)c1. The van der Waals surface area contributed by atoms with Crippen molar-refractivity contribution in [2.24, 2.45) is 0 Å². The first kappa shape index (κ1) is 24.0. The second-order valence-corrected chi connectivity index (χ2v) is 11.0. The van der Waals surface area contributed by atoms with Crippen molar-refractivity contribution >= 4 is 32.2 Å². The van der Waals surface area contributed by atoms with Crippen molar-refractivity contribution in [2.75, 3.05) is 7.11 Å². The van der Waals surface area contributed by atoms with E-state index in [1.54, 1.807) is 37.6 Å². The van der Waals surface area contributed by atoms with E-state index >= 15 is 0 Å². The summed E-state index contributed by atoms with van der Waals surface area (Å²) >= 11 is 6.22. The normalized spacial score (nSPS) is 11.7. The molecule has 0 saturated heterocycles. The van der Waals surface area contributed by atoms with Crippen molar-refractivity contribution in [1.82, 2.24) is 10.1 Å². The van der Waals surface area contributed by atoms with Gasteiger partial charge in [0.1, 0.15) is 17.8 Å². The molecule has 6 nitrogen and oxygen atoms in total. The van der Waals surface area contributed by atoms with Gasteiger partial charge in [0, 0.05) is 33.8 Å². The first-order valence-electron chi connectivity index (χ1n) is 11.2. The molecule has 0 saturated carbocycles. The van der Waals surface area contributed by atoms with Crippen LogP contribution in [0.5, 0.6) is 5.75 Å². The van der Waals surface area contributed by atoms with Crippen LogP contribution in [0.1, 0.15) is 16.8 Å². The largest absolute Gasteiger partial charge is 0.496 e. The van der Waals surface area contributed by atoms with E-state index < -0.39 is 9.84 Å². The molecule has 0 spiro atoms. The third-order valence-electron chi connectivity index (χ3n) is 6.19. The number of hydrogen-bond acceptors (Lipinski definition) is 6. The van der Waals surface area contributed by atoms with Crippen molar-refractivity contribution in [1.29, 1.82) is 0 Å². The smallest absolute Gasteiger partial charge is 0.184 e. The summed E-state index contributed by atoms with van der Waals surface area (Å²) in [6.07, 6.45) is 3.05. The number of hydrogen-bond donors (Lipinski definition) is 0. The fourth-order valence-corrected chi connectivity index (χ4v) is 5.71. The van der Waals surface area contributed by atoms with Crippen molar-refractivity contribution in [3.63, 3.8) is 0 Å². The van der Waals surface area contributed by atoms with Gasteiger partial charge in [0.05, 0.1) is 23.4 Å². The molecule has 0 aliphatic heterocycles. The fourth-order valence-electron chi connectivity index (χ4n) is 4.30. The molecule has 0 atom stereocenters. The molecule has 5 rings (SSSR count). The number of pyridine rings is 1. The predicted octanol–water partition coefficient (Wildman–Crippen LogP) is 6.81. The molecule has 0 unspecified atom stereocenters. The lowest BCUT2D eigenvalue weighted by Crippen LogP contribution is -2.05. The average molecular weight is 519 g/mol. The Bertz CT molecular complexity index is 1700. The Morgan fingerprint density at radius 2 is 1.78 bits per heavy atom. The summed E-state index contributed by atoms with van der Waals surface area (Å²) in [5.41, 5.74) is 6.00. The van der Waals surface area contributed by atoms with Crippen LogP contribution in [-0.2, 0) is 15.6 Å². The molecular weight excluding hydrogens is 496 g/mol. The van der Waals surface area contributed by atoms with E-state index in [1.807, 2.05) is 44.2 Å². The number of halogens is 1. The lowest BCUT2D eigenvalue weighted by atomic mass is 9.94. The van der Waals surface area contributed by atoms with Gasteiger partial charge in [-0.25, -0.2) is 8.42 Å². The Morgan fingerprint density at radius 3 is 2.50 bits per heavy atom. The topological polar surface area (TPSA) is 82.3 Å². The number of nitrogens with zero attached hydrogens (tertiary/aromatic N) is 2. The van der Waals surface area contributed by atoms with Crippen molar-refractivity contribution in [3.05, 3.63) is 95.0 Å². The van der Waals surface area contributed by atoms with E-state index in [4.69, 9.17) is 20.9 Å². The van der Waals surface area contributed by atoms with E-state index in [0.29, 0.717) is 16.5 Å². The molecule has 0 fully saturated rings. The summed E-state index contributed by atoms with van der Waals surface area (Å²) in [6, 6.07) is 18.4. The van der Waals surface area contributed by atoms with E-state index in [0.717, 1.165) is 44.3 Å². The first-order valence-corrected chi connectivity index (χ1v) is 13.3. The van der Waals surface area contributed by atoms with Gasteiger partial charge in [-0.15, -0.1) is 0 Å². The van der Waals surface area contributed by atoms with Crippen LogP contribution >= 0.6 is 11.6 Å². The predicted molar refractivity (Wildman–Crippen MR) is 141 cm³/mol. The maximum atomic E-state index is 12.9. The molecule has 0 aliphatic rings. The highest BCUT2D eigenvalue weighted by Gasteiger charge is 2.19. The number of fused-ring (bicyclic) bond motifs is 1. The van der Waals surface area contributed by atoms with Gasteiger partial charge in [0.25, 0.3) is 0 Å². The first-order chi connectivity index (χ1) is 17.3. The van der Waals surface area contributed by atoms with Crippen LogP contribution in [0.15, 0.2) is 82.5 Å². The minimum Gasteiger partial charge on any atom is -0.496 e. The van der Waals surface area contributed by atoms with Crippen molar-refractivity contribution in [2.45, 2.75) is 24.5 Å². The third kappa shape index (κ3) is 4.47. The molecule has 5 aromatic rings. The van der Waals surface area contributed by atoms with Crippen LogP contribution in [-0.4, -0.2) is 25.7 Å². The highest BCUT2D eigenvalue weighted by molar-refractivity contribution is 7.90. The summed E-state index contributed by atoms with van der Waals surface area (Å²) in [4.78, 5) is 4.87. The maximum Gasteiger partial charge on any atom is 0.184 e. The molecule has 8 heteroatoms. The Morgan fingerprint density at radius 1 is 0.944 bits per heavy atom. The van der Waals surface area contributed by atoms with Gasteiger partial charge in [0.15, 0.2) is 9.84 Å². The van der Waals surface area contributed by atoms with Crippen molar-refractivity contribution in [3.8, 4) is 28.1 Å². The van der Waals surface area contributed by atoms with E-state index in [2.05, 4.69) is 16.2 Å². The third-order valence-corrected chi connectivity index (χ3v) is 8.27. The quantitative estimate of drug-likeness (QED) is 0.245. The number of aryl methyl sites for hydroxylation is 2. The van der Waals surface area contributed by atoms with Crippen LogP contribution in [0.3, 0.4) is 0 Å². The summed E-state index contributed by atoms with van der Waals surface area (Å²) in [5.74, 6) is 0.484. The number of sulfone groups is 1. The summed E-state index contributed by atoms with van der Waals surface area (Å²) < 4.78 is 36.4. The zero-order valence-corrected chi connectivity index (χ0v) is 21.5. The van der Waals surface area contributed by atoms with E-state index in [1.165, 1.54) is 6.26 Å². The number of aromatic nitrogens is 2. The van der Waals surface area contributed by atoms with Crippen LogP contribution in [0.4, 0.5) is 0 Å². The molecule has 182 valence electrons. The van der Waals surface area contributed by atoms with Gasteiger partial charge in [-0.05, 0) is 78.4 Å². The van der Waals surface area contributed by atoms with Gasteiger partial charge in [-0.1, -0.05) is 28.9 Å². The van der Waals surface area contributed by atoms with Crippen LogP contribution in [0.2, 0.25) is 5.02 Å². The number of rotatable bonds is 6. The molecule has 2 aromatic heterocycles. The van der Waals surface area contributed by atoms with Gasteiger partial charge >= 0.3 is 0 Å². The van der Waals surface area contributed by atoms with Gasteiger partial charge in [-0.3, -0.25) is 4.98 Å². The molecule has 2 heterocycles.